The smallest absolute Gasteiger partial charge is 0.226 e. The lowest BCUT2D eigenvalue weighted by Crippen LogP contribution is -2.65. The summed E-state index contributed by atoms with van der Waals surface area (Å²) >= 11 is 0. The lowest BCUT2D eigenvalue weighted by molar-refractivity contribution is -0.244. The van der Waals surface area contributed by atoms with Crippen molar-refractivity contribution in [1.82, 2.24) is 10.6 Å². The number of nitrogens with one attached hydrogen (secondary N) is 3. The van der Waals surface area contributed by atoms with Crippen LogP contribution in [-0.4, -0.2) is 76.8 Å². The molecule has 1 fully saturated rings. The number of unbranched alkanes of at least 4 members (excludes halogenated alkanes) is 1. The predicted octanol–water partition coefficient (Wildman–Crippen LogP) is -0.356. The summed E-state index contributed by atoms with van der Waals surface area (Å²) in [6.07, 6.45) is -2.75. The fraction of sp³-hybridized carbons (Fsp3) is 0.591. The van der Waals surface area contributed by atoms with Gasteiger partial charge in [0.1, 0.15) is 30.1 Å². The van der Waals surface area contributed by atoms with Gasteiger partial charge >= 0.3 is 0 Å². The molecule has 0 bridgehead atoms. The van der Waals surface area contributed by atoms with Crippen LogP contribution in [0, 0.1) is 0 Å². The molecule has 0 spiro atoms. The highest BCUT2D eigenvalue weighted by atomic mass is 16.7. The van der Waals surface area contributed by atoms with Crippen LogP contribution in [0.4, 0.5) is 5.69 Å². The second-order valence-electron chi connectivity index (χ2n) is 7.83. The van der Waals surface area contributed by atoms with Crippen molar-refractivity contribution < 1.29 is 39.2 Å². The number of aliphatic hydroxyl groups is 3. The van der Waals surface area contributed by atoms with E-state index in [4.69, 9.17) is 9.47 Å². The number of aliphatic hydroxyl groups excluding tert-OH is 3. The number of carbonyl (C=O) groups excluding carboxylic acids is 3. The normalized spacial score (nSPS) is 24.6. The molecule has 3 amide bonds. The van der Waals surface area contributed by atoms with Crippen molar-refractivity contribution in [3.05, 3.63) is 24.3 Å². The lowest BCUT2D eigenvalue weighted by atomic mass is 9.97. The van der Waals surface area contributed by atoms with E-state index in [-0.39, 0.29) is 24.8 Å². The third-order valence-corrected chi connectivity index (χ3v) is 5.07. The van der Waals surface area contributed by atoms with Gasteiger partial charge in [0.25, 0.3) is 0 Å². The molecule has 2 rings (SSSR count). The highest BCUT2D eigenvalue weighted by molar-refractivity contribution is 5.91. The molecule has 1 saturated heterocycles. The molecule has 1 heterocycles. The van der Waals surface area contributed by atoms with Crippen molar-refractivity contribution in [1.29, 1.82) is 0 Å². The van der Waals surface area contributed by atoms with Gasteiger partial charge in [-0.05, 0) is 30.7 Å². The van der Waals surface area contributed by atoms with Crippen LogP contribution in [0.15, 0.2) is 24.3 Å². The third-order valence-electron chi connectivity index (χ3n) is 5.07. The first-order valence-electron chi connectivity index (χ1n) is 11.0. The van der Waals surface area contributed by atoms with E-state index in [1.54, 1.807) is 24.3 Å². The quantitative estimate of drug-likeness (QED) is 0.257. The average molecular weight is 468 g/mol. The molecule has 0 unspecified atom stereocenters. The second-order valence-corrected chi connectivity index (χ2v) is 7.83. The maximum atomic E-state index is 12.1. The molecular formula is C22H33N3O8. The van der Waals surface area contributed by atoms with Crippen LogP contribution in [0.5, 0.6) is 5.75 Å². The number of hydrogen-bond acceptors (Lipinski definition) is 8. The van der Waals surface area contributed by atoms with Gasteiger partial charge in [-0.1, -0.05) is 13.3 Å². The van der Waals surface area contributed by atoms with E-state index in [9.17, 15) is 29.7 Å². The van der Waals surface area contributed by atoms with Gasteiger partial charge in [-0.3, -0.25) is 14.4 Å². The van der Waals surface area contributed by atoms with Crippen molar-refractivity contribution >= 4 is 23.4 Å². The van der Waals surface area contributed by atoms with E-state index in [2.05, 4.69) is 16.0 Å². The van der Waals surface area contributed by atoms with Gasteiger partial charge in [0, 0.05) is 32.0 Å². The number of anilines is 1. The monoisotopic (exact) mass is 467 g/mol. The van der Waals surface area contributed by atoms with Gasteiger partial charge in [-0.15, -0.1) is 0 Å². The Hall–Kier alpha value is -2.73. The summed E-state index contributed by atoms with van der Waals surface area (Å²) < 4.78 is 11.2. The standard InChI is InChI=1S/C22H33N3O8/c1-3-4-5-17(28)23-11-10-18(29)25-14-6-8-15(9-7-14)32-22-19(24-13(2)27)21(31)20(30)16(12-26)33-22/h6-9,16,19-22,26,30-31H,3-5,10-12H2,1-2H3,(H,23,28)(H,24,27)(H,25,29)/t16-,19-,20+,21-,22-/m1/s1. The van der Waals surface area contributed by atoms with Crippen molar-refractivity contribution in [3.63, 3.8) is 0 Å². The fourth-order valence-electron chi connectivity index (χ4n) is 3.29. The summed E-state index contributed by atoms with van der Waals surface area (Å²) in [5.74, 6) is -0.472. The Morgan fingerprint density at radius 3 is 2.36 bits per heavy atom. The van der Waals surface area contributed by atoms with E-state index in [0.717, 1.165) is 12.8 Å². The van der Waals surface area contributed by atoms with Gasteiger partial charge in [0.15, 0.2) is 0 Å². The number of benzene rings is 1. The number of rotatable bonds is 11. The minimum atomic E-state index is -1.41. The molecule has 1 aliphatic rings. The average Bonchev–Trinajstić information content (AvgIpc) is 2.78. The summed E-state index contributed by atoms with van der Waals surface area (Å²) in [6, 6.07) is 5.24. The Kier molecular flexibility index (Phi) is 10.5. The minimum absolute atomic E-state index is 0.0743. The van der Waals surface area contributed by atoms with E-state index in [1.807, 2.05) is 6.92 Å². The van der Waals surface area contributed by atoms with Gasteiger partial charge < -0.3 is 40.7 Å². The molecule has 0 aromatic heterocycles. The Morgan fingerprint density at radius 2 is 1.76 bits per heavy atom. The molecule has 5 atom stereocenters. The van der Waals surface area contributed by atoms with Gasteiger partial charge in [0.05, 0.1) is 6.61 Å². The molecule has 0 aliphatic carbocycles. The van der Waals surface area contributed by atoms with Crippen LogP contribution < -0.4 is 20.7 Å². The van der Waals surface area contributed by atoms with Crippen LogP contribution in [-0.2, 0) is 19.1 Å². The van der Waals surface area contributed by atoms with Gasteiger partial charge in [-0.25, -0.2) is 0 Å². The minimum Gasteiger partial charge on any atom is -0.463 e. The number of carbonyl (C=O) groups is 3. The third kappa shape index (κ3) is 8.28. The molecule has 0 saturated carbocycles. The molecule has 1 aromatic rings. The summed E-state index contributed by atoms with van der Waals surface area (Å²) in [7, 11) is 0. The first-order valence-corrected chi connectivity index (χ1v) is 11.0. The van der Waals surface area contributed by atoms with E-state index < -0.39 is 43.2 Å². The lowest BCUT2D eigenvalue weighted by Gasteiger charge is -2.42. The number of hydrogen-bond donors (Lipinski definition) is 6. The van der Waals surface area contributed by atoms with E-state index >= 15 is 0 Å². The molecule has 1 aliphatic heterocycles. The molecule has 184 valence electrons. The Balaban J connectivity index is 1.90. The number of ether oxygens (including phenoxy) is 2. The van der Waals surface area contributed by atoms with Gasteiger partial charge in [0.2, 0.25) is 24.0 Å². The zero-order chi connectivity index (χ0) is 24.4. The van der Waals surface area contributed by atoms with Crippen LogP contribution in [0.2, 0.25) is 0 Å². The summed E-state index contributed by atoms with van der Waals surface area (Å²) in [5.41, 5.74) is 0.510. The van der Waals surface area contributed by atoms with Crippen LogP contribution in [0.3, 0.4) is 0 Å². The first-order chi connectivity index (χ1) is 15.7. The number of amides is 3. The summed E-state index contributed by atoms with van der Waals surface area (Å²) in [5, 5.41) is 37.6. The maximum Gasteiger partial charge on any atom is 0.226 e. The van der Waals surface area contributed by atoms with Crippen LogP contribution in [0.1, 0.15) is 39.5 Å². The van der Waals surface area contributed by atoms with E-state index in [1.165, 1.54) is 6.92 Å². The predicted molar refractivity (Wildman–Crippen MR) is 118 cm³/mol. The van der Waals surface area contributed by atoms with Gasteiger partial charge in [-0.2, -0.15) is 0 Å². The van der Waals surface area contributed by atoms with Crippen molar-refractivity contribution in [2.45, 2.75) is 70.2 Å². The van der Waals surface area contributed by atoms with Crippen LogP contribution in [0.25, 0.3) is 0 Å². The zero-order valence-electron chi connectivity index (χ0n) is 18.8. The largest absolute Gasteiger partial charge is 0.463 e. The molecule has 6 N–H and O–H groups in total. The molecule has 0 radical (unpaired) electrons. The molecule has 1 aromatic carbocycles. The Labute approximate surface area is 192 Å². The fourth-order valence-corrected chi connectivity index (χ4v) is 3.29. The highest BCUT2D eigenvalue weighted by Gasteiger charge is 2.46. The highest BCUT2D eigenvalue weighted by Crippen LogP contribution is 2.25. The summed E-state index contributed by atoms with van der Waals surface area (Å²) in [4.78, 5) is 35.1. The molecule has 33 heavy (non-hydrogen) atoms. The maximum absolute atomic E-state index is 12.1. The molecule has 11 nitrogen and oxygen atoms in total. The Bertz CT molecular complexity index is 788. The topological polar surface area (TPSA) is 166 Å². The molecule has 11 heteroatoms. The Morgan fingerprint density at radius 1 is 1.06 bits per heavy atom. The van der Waals surface area contributed by atoms with Crippen molar-refractivity contribution in [2.75, 3.05) is 18.5 Å². The van der Waals surface area contributed by atoms with Crippen LogP contribution >= 0.6 is 0 Å². The zero-order valence-corrected chi connectivity index (χ0v) is 18.8. The molecular weight excluding hydrogens is 434 g/mol. The summed E-state index contributed by atoms with van der Waals surface area (Å²) in [6.45, 7) is 2.96. The first kappa shape index (κ1) is 26.5. The van der Waals surface area contributed by atoms with Crippen molar-refractivity contribution in [3.8, 4) is 5.75 Å². The van der Waals surface area contributed by atoms with E-state index in [0.29, 0.717) is 17.9 Å². The second kappa shape index (κ2) is 13.1. The van der Waals surface area contributed by atoms with Crippen molar-refractivity contribution in [2.24, 2.45) is 0 Å². The SMILES string of the molecule is CCCCC(=O)NCCC(=O)Nc1ccc(O[C@@H]2O[C@H](CO)[C@H](O)[C@H](O)[C@H]2NC(C)=O)cc1.